The monoisotopic (exact) mass is 351 g/mol. The molecule has 1 aliphatic rings. The Morgan fingerprint density at radius 2 is 2.14 bits per heavy atom. The van der Waals surface area contributed by atoms with Gasteiger partial charge in [-0.05, 0) is 28.1 Å². The van der Waals surface area contributed by atoms with Crippen molar-refractivity contribution in [3.8, 4) is 0 Å². The molecular formula is C12H10BrN5O3. The molecule has 0 bridgehead atoms. The summed E-state index contributed by atoms with van der Waals surface area (Å²) >= 11 is 3.25. The molecule has 0 aliphatic carbocycles. The van der Waals surface area contributed by atoms with E-state index in [2.05, 4.69) is 31.2 Å². The summed E-state index contributed by atoms with van der Waals surface area (Å²) in [5, 5.41) is 16.1. The molecule has 0 radical (unpaired) electrons. The van der Waals surface area contributed by atoms with Crippen LogP contribution in [0.3, 0.4) is 0 Å². The van der Waals surface area contributed by atoms with Crippen LogP contribution >= 0.6 is 15.9 Å². The van der Waals surface area contributed by atoms with E-state index in [0.717, 1.165) is 0 Å². The fourth-order valence-corrected chi connectivity index (χ4v) is 2.48. The smallest absolute Gasteiger partial charge is 0.358 e. The minimum absolute atomic E-state index is 0.0509. The van der Waals surface area contributed by atoms with Crippen LogP contribution in [-0.2, 0) is 0 Å². The summed E-state index contributed by atoms with van der Waals surface area (Å²) in [6.45, 7) is 0.922. The van der Waals surface area contributed by atoms with Crippen molar-refractivity contribution in [2.45, 2.75) is 6.04 Å². The van der Waals surface area contributed by atoms with E-state index in [1.54, 1.807) is 23.2 Å². The van der Waals surface area contributed by atoms with Crippen molar-refractivity contribution in [1.82, 2.24) is 24.9 Å². The van der Waals surface area contributed by atoms with Crippen LogP contribution in [-0.4, -0.2) is 55.0 Å². The molecular weight excluding hydrogens is 342 g/mol. The second-order valence-electron chi connectivity index (χ2n) is 4.59. The minimum Gasteiger partial charge on any atom is -0.476 e. The van der Waals surface area contributed by atoms with E-state index in [0.29, 0.717) is 23.3 Å². The molecule has 0 saturated carbocycles. The number of aromatic nitrogens is 4. The maximum atomic E-state index is 12.3. The number of halogens is 1. The Hall–Kier alpha value is -2.29. The van der Waals surface area contributed by atoms with Crippen molar-refractivity contribution in [2.75, 3.05) is 13.1 Å². The van der Waals surface area contributed by atoms with Crippen molar-refractivity contribution in [3.63, 3.8) is 0 Å². The molecule has 9 heteroatoms. The van der Waals surface area contributed by atoms with Crippen LogP contribution in [0.1, 0.15) is 26.9 Å². The average molecular weight is 352 g/mol. The Morgan fingerprint density at radius 3 is 2.76 bits per heavy atom. The van der Waals surface area contributed by atoms with Gasteiger partial charge in [-0.1, -0.05) is 5.21 Å². The number of hydrogen-bond acceptors (Lipinski definition) is 5. The maximum Gasteiger partial charge on any atom is 0.358 e. The number of carboxylic acids is 1. The molecule has 1 fully saturated rings. The summed E-state index contributed by atoms with van der Waals surface area (Å²) in [5.41, 5.74) is 0.399. The predicted molar refractivity (Wildman–Crippen MR) is 73.9 cm³/mol. The van der Waals surface area contributed by atoms with Gasteiger partial charge in [0.05, 0.1) is 17.8 Å². The zero-order valence-corrected chi connectivity index (χ0v) is 12.3. The van der Waals surface area contributed by atoms with E-state index in [1.165, 1.54) is 10.9 Å². The third-order valence-corrected chi connectivity index (χ3v) is 3.87. The van der Waals surface area contributed by atoms with E-state index in [4.69, 9.17) is 5.11 Å². The Bertz CT molecular complexity index is 710. The van der Waals surface area contributed by atoms with Gasteiger partial charge >= 0.3 is 5.97 Å². The third-order valence-electron chi connectivity index (χ3n) is 3.24. The lowest BCUT2D eigenvalue weighted by atomic mass is 10.1. The number of carbonyl (C=O) groups excluding carboxylic acids is 1. The molecule has 0 atom stereocenters. The van der Waals surface area contributed by atoms with Gasteiger partial charge in [-0.3, -0.25) is 4.79 Å². The summed E-state index contributed by atoms with van der Waals surface area (Å²) in [6, 6.07) is 3.35. The lowest BCUT2D eigenvalue weighted by Crippen LogP contribution is -2.51. The van der Waals surface area contributed by atoms with Crippen LogP contribution in [0.15, 0.2) is 29.1 Å². The maximum absolute atomic E-state index is 12.3. The summed E-state index contributed by atoms with van der Waals surface area (Å²) < 4.78 is 1.98. The van der Waals surface area contributed by atoms with Crippen molar-refractivity contribution < 1.29 is 14.7 Å². The topological polar surface area (TPSA) is 101 Å². The van der Waals surface area contributed by atoms with E-state index in [-0.39, 0.29) is 17.6 Å². The Morgan fingerprint density at radius 1 is 1.38 bits per heavy atom. The third kappa shape index (κ3) is 2.51. The normalized spacial score (nSPS) is 14.8. The number of aromatic carboxylic acids is 1. The standard InChI is InChI=1S/C12H10BrN5O3/c13-10-8(2-1-3-14-10)11(19)17-4-7(5-17)18-6-9(12(20)21)15-16-18/h1-3,6-7H,4-5H2,(H,20,21). The molecule has 108 valence electrons. The molecule has 0 aromatic carbocycles. The highest BCUT2D eigenvalue weighted by Crippen LogP contribution is 2.24. The molecule has 0 spiro atoms. The molecule has 3 rings (SSSR count). The van der Waals surface area contributed by atoms with Gasteiger partial charge in [0, 0.05) is 19.3 Å². The first-order chi connectivity index (χ1) is 10.1. The molecule has 21 heavy (non-hydrogen) atoms. The van der Waals surface area contributed by atoms with Gasteiger partial charge in [0.15, 0.2) is 5.69 Å². The van der Waals surface area contributed by atoms with Gasteiger partial charge in [-0.25, -0.2) is 14.5 Å². The van der Waals surface area contributed by atoms with Crippen molar-refractivity contribution >= 4 is 27.8 Å². The second-order valence-corrected chi connectivity index (χ2v) is 5.35. The molecule has 1 amide bonds. The van der Waals surface area contributed by atoms with Crippen molar-refractivity contribution in [2.24, 2.45) is 0 Å². The second kappa shape index (κ2) is 5.24. The van der Waals surface area contributed by atoms with Gasteiger partial charge in [-0.15, -0.1) is 5.10 Å². The number of rotatable bonds is 3. The number of likely N-dealkylation sites (tertiary alicyclic amines) is 1. The predicted octanol–water partition coefficient (Wildman–Crippen LogP) is 0.831. The number of carbonyl (C=O) groups is 2. The van der Waals surface area contributed by atoms with Crippen molar-refractivity contribution in [3.05, 3.63) is 40.4 Å². The quantitative estimate of drug-likeness (QED) is 0.822. The van der Waals surface area contributed by atoms with Gasteiger partial charge in [-0.2, -0.15) is 0 Å². The molecule has 0 unspecified atom stereocenters. The summed E-state index contributed by atoms with van der Waals surface area (Å²) in [5.74, 6) is -1.24. The fraction of sp³-hybridized carbons (Fsp3) is 0.250. The van der Waals surface area contributed by atoms with E-state index < -0.39 is 5.97 Å². The summed E-state index contributed by atoms with van der Waals surface area (Å²) in [6.07, 6.45) is 2.97. The summed E-state index contributed by atoms with van der Waals surface area (Å²) in [4.78, 5) is 28.7. The number of amides is 1. The molecule has 2 aromatic rings. The molecule has 2 aromatic heterocycles. The van der Waals surface area contributed by atoms with E-state index >= 15 is 0 Å². The zero-order chi connectivity index (χ0) is 15.0. The van der Waals surface area contributed by atoms with E-state index in [1.807, 2.05) is 0 Å². The Kier molecular flexibility index (Phi) is 3.42. The largest absolute Gasteiger partial charge is 0.476 e. The number of hydrogen-bond donors (Lipinski definition) is 1. The molecule has 8 nitrogen and oxygen atoms in total. The minimum atomic E-state index is -1.12. The number of nitrogens with zero attached hydrogens (tertiary/aromatic N) is 5. The van der Waals surface area contributed by atoms with Crippen LogP contribution in [0.2, 0.25) is 0 Å². The van der Waals surface area contributed by atoms with E-state index in [9.17, 15) is 9.59 Å². The molecule has 1 saturated heterocycles. The highest BCUT2D eigenvalue weighted by molar-refractivity contribution is 9.10. The highest BCUT2D eigenvalue weighted by atomic mass is 79.9. The van der Waals surface area contributed by atoms with Crippen LogP contribution in [0, 0.1) is 0 Å². The van der Waals surface area contributed by atoms with Gasteiger partial charge in [0.2, 0.25) is 0 Å². The van der Waals surface area contributed by atoms with Crippen LogP contribution < -0.4 is 0 Å². The first-order valence-electron chi connectivity index (χ1n) is 6.11. The Balaban J connectivity index is 1.66. The van der Waals surface area contributed by atoms with Crippen LogP contribution in [0.25, 0.3) is 0 Å². The highest BCUT2D eigenvalue weighted by Gasteiger charge is 2.34. The van der Waals surface area contributed by atoms with Crippen LogP contribution in [0.4, 0.5) is 0 Å². The SMILES string of the molecule is O=C(O)c1cn(C2CN(C(=O)c3cccnc3Br)C2)nn1. The number of carboxylic acid groups (broad SMARTS) is 1. The average Bonchev–Trinajstić information content (AvgIpc) is 2.87. The van der Waals surface area contributed by atoms with Gasteiger partial charge in [0.25, 0.3) is 5.91 Å². The molecule has 1 aliphatic heterocycles. The number of pyridine rings is 1. The lowest BCUT2D eigenvalue weighted by molar-refractivity contribution is 0.0496. The van der Waals surface area contributed by atoms with Crippen molar-refractivity contribution in [1.29, 1.82) is 0 Å². The zero-order valence-electron chi connectivity index (χ0n) is 10.7. The Labute approximate surface area is 127 Å². The van der Waals surface area contributed by atoms with Gasteiger partial charge in [0.1, 0.15) is 4.60 Å². The van der Waals surface area contributed by atoms with Crippen LogP contribution in [0.5, 0.6) is 0 Å². The fourth-order valence-electron chi connectivity index (χ4n) is 2.06. The first kappa shape index (κ1) is 13.7. The lowest BCUT2D eigenvalue weighted by Gasteiger charge is -2.38. The first-order valence-corrected chi connectivity index (χ1v) is 6.90. The molecule has 3 heterocycles. The van der Waals surface area contributed by atoms with Gasteiger partial charge < -0.3 is 10.0 Å². The summed E-state index contributed by atoms with van der Waals surface area (Å²) in [7, 11) is 0. The molecule has 1 N–H and O–H groups in total.